The lowest BCUT2D eigenvalue weighted by molar-refractivity contribution is -0.465. The Morgan fingerprint density at radius 2 is 1.06 bits per heavy atom. The molecule has 34 heavy (non-hydrogen) atoms. The predicted octanol–water partition coefficient (Wildman–Crippen LogP) is 6.71. The van der Waals surface area contributed by atoms with Crippen LogP contribution in [0, 0.1) is 0 Å². The Kier molecular flexibility index (Phi) is 14.2. The van der Waals surface area contributed by atoms with E-state index in [0.29, 0.717) is 5.78 Å². The van der Waals surface area contributed by atoms with E-state index in [4.69, 9.17) is 25.0 Å². The highest BCUT2D eigenvalue weighted by Crippen LogP contribution is 2.47. The number of hydrogen-bond donors (Lipinski definition) is 2. The molecular weight excluding hydrogens is 442 g/mol. The van der Waals surface area contributed by atoms with Gasteiger partial charge in [-0.1, -0.05) is 35.9 Å². The monoisotopic (exact) mass is 487 g/mol. The zero-order valence-electron chi connectivity index (χ0n) is 20.9. The lowest BCUT2D eigenvalue weighted by atomic mass is 9.91. The normalized spacial score (nSPS) is 25.1. The van der Waals surface area contributed by atoms with Crippen molar-refractivity contribution in [2.45, 2.75) is 140 Å². The van der Waals surface area contributed by atoms with Crippen LogP contribution >= 0.6 is 0 Å². The number of rotatable bonds is 1. The molecule has 0 amide bonds. The van der Waals surface area contributed by atoms with Gasteiger partial charge in [0.1, 0.15) is 12.9 Å². The molecule has 1 heterocycles. The molecule has 4 saturated carbocycles. The minimum Gasteiger partial charge on any atom is -0.399 e. The summed E-state index contributed by atoms with van der Waals surface area (Å²) in [7, 11) is 1.61. The van der Waals surface area contributed by atoms with Gasteiger partial charge in [-0.05, 0) is 64.2 Å². The summed E-state index contributed by atoms with van der Waals surface area (Å²) in [6.45, 7) is 0. The fourth-order valence-corrected chi connectivity index (χ4v) is 5.20. The molecule has 2 spiro atoms. The second-order valence-electron chi connectivity index (χ2n) is 9.79. The molecule has 5 fully saturated rings. The molecule has 0 bridgehead atoms. The maximum absolute atomic E-state index is 10.5. The topological polar surface area (TPSA) is 116 Å². The van der Waals surface area contributed by atoms with Gasteiger partial charge in [0.15, 0.2) is 0 Å². The van der Waals surface area contributed by atoms with Gasteiger partial charge in [-0.25, -0.2) is 10.5 Å². The molecule has 9 nitrogen and oxygen atoms in total. The molecule has 0 aromatic rings. The molecule has 4 aliphatic carbocycles. The first-order valence-electron chi connectivity index (χ1n) is 13.2. The molecular formula is C25H45NO8. The second kappa shape index (κ2) is 16.5. The van der Waals surface area contributed by atoms with Crippen LogP contribution in [-0.2, 0) is 29.2 Å². The van der Waals surface area contributed by atoms with E-state index in [-0.39, 0.29) is 11.6 Å². The van der Waals surface area contributed by atoms with Gasteiger partial charge in [0.25, 0.3) is 0 Å². The van der Waals surface area contributed by atoms with Crippen molar-refractivity contribution in [3.8, 4) is 0 Å². The molecule has 1 saturated heterocycles. The molecule has 5 aliphatic rings. The van der Waals surface area contributed by atoms with E-state index >= 15 is 0 Å². The molecule has 5 rings (SSSR count). The second-order valence-corrected chi connectivity index (χ2v) is 9.79. The molecule has 0 unspecified atom stereocenters. The van der Waals surface area contributed by atoms with Gasteiger partial charge >= 0.3 is 0 Å². The Hall–Kier alpha value is -1.10. The number of nitrogens with zero attached hydrogens (tertiary/aromatic N) is 1. The lowest BCUT2D eigenvalue weighted by Crippen LogP contribution is -2.39. The minimum atomic E-state index is -0.379. The van der Waals surface area contributed by atoms with Gasteiger partial charge in [0, 0.05) is 38.5 Å². The van der Waals surface area contributed by atoms with Gasteiger partial charge in [0.2, 0.25) is 11.6 Å². The fraction of sp³-hybridized carbons (Fsp3) is 0.920. The highest BCUT2D eigenvalue weighted by atomic mass is 17.4. The van der Waals surface area contributed by atoms with Crippen LogP contribution in [-0.4, -0.2) is 40.7 Å². The fourth-order valence-electron chi connectivity index (χ4n) is 5.20. The number of Topliss-reactive ketones (excluding diaryl/α,β-unsaturated/α-hetero) is 1. The highest BCUT2D eigenvalue weighted by Gasteiger charge is 2.53. The van der Waals surface area contributed by atoms with Crippen molar-refractivity contribution in [1.29, 1.82) is 0 Å². The zero-order chi connectivity index (χ0) is 24.5. The van der Waals surface area contributed by atoms with Gasteiger partial charge in [0.05, 0.1) is 5.71 Å². The van der Waals surface area contributed by atoms with Crippen molar-refractivity contribution in [3.63, 3.8) is 0 Å². The van der Waals surface area contributed by atoms with Crippen molar-refractivity contribution < 1.29 is 39.7 Å². The van der Waals surface area contributed by atoms with E-state index < -0.39 is 0 Å². The van der Waals surface area contributed by atoms with Crippen molar-refractivity contribution in [2.75, 3.05) is 7.11 Å². The Morgan fingerprint density at radius 3 is 1.41 bits per heavy atom. The van der Waals surface area contributed by atoms with E-state index in [1.807, 2.05) is 0 Å². The first-order valence-corrected chi connectivity index (χ1v) is 13.2. The predicted molar refractivity (Wildman–Crippen MR) is 127 cm³/mol. The van der Waals surface area contributed by atoms with E-state index in [9.17, 15) is 4.79 Å². The maximum atomic E-state index is 10.5. The summed E-state index contributed by atoms with van der Waals surface area (Å²) >= 11 is 0. The minimum absolute atomic E-state index is 0.379. The Morgan fingerprint density at radius 1 is 0.676 bits per heavy atom. The van der Waals surface area contributed by atoms with Crippen molar-refractivity contribution in [2.24, 2.45) is 5.16 Å². The summed E-state index contributed by atoms with van der Waals surface area (Å²) < 4.78 is 6.17. The number of ketones is 1. The summed E-state index contributed by atoms with van der Waals surface area (Å²) in [5.41, 5.74) is 1.24. The Balaban J connectivity index is 0.000000184. The van der Waals surface area contributed by atoms with E-state index in [2.05, 4.69) is 15.0 Å². The number of carbonyl (C=O) groups is 1. The summed E-state index contributed by atoms with van der Waals surface area (Å²) in [5.74, 6) is -0.295. The first-order chi connectivity index (χ1) is 16.6. The Bertz CT molecular complexity index is 545. The zero-order valence-corrected chi connectivity index (χ0v) is 20.9. The SMILES string of the molecule is C1CCC2(CC1)OOC1(CCCCC1)O2.CON=C1CCCCC1.O=C1CCCCC1.OOO. The molecule has 198 valence electrons. The average molecular weight is 488 g/mol. The van der Waals surface area contributed by atoms with Crippen molar-refractivity contribution in [1.82, 2.24) is 0 Å². The van der Waals surface area contributed by atoms with Crippen LogP contribution in [0.5, 0.6) is 0 Å². The van der Waals surface area contributed by atoms with Gasteiger partial charge in [-0.15, -0.1) is 0 Å². The van der Waals surface area contributed by atoms with Crippen LogP contribution in [0.1, 0.15) is 128 Å². The van der Waals surface area contributed by atoms with E-state index in [0.717, 1.165) is 64.2 Å². The third-order valence-corrected chi connectivity index (χ3v) is 7.01. The number of oxime groups is 1. The third kappa shape index (κ3) is 10.7. The van der Waals surface area contributed by atoms with Crippen LogP contribution in [0.15, 0.2) is 5.16 Å². The van der Waals surface area contributed by atoms with Gasteiger partial charge < -0.3 is 9.57 Å². The molecule has 1 aliphatic heterocycles. The third-order valence-electron chi connectivity index (χ3n) is 7.01. The summed E-state index contributed by atoms with van der Waals surface area (Å²) in [6.07, 6.45) is 23.0. The molecule has 0 aromatic carbocycles. The van der Waals surface area contributed by atoms with E-state index in [1.165, 1.54) is 69.9 Å². The lowest BCUT2D eigenvalue weighted by Gasteiger charge is -2.33. The maximum Gasteiger partial charge on any atom is 0.204 e. The smallest absolute Gasteiger partial charge is 0.204 e. The van der Waals surface area contributed by atoms with Crippen molar-refractivity contribution in [3.05, 3.63) is 0 Å². The van der Waals surface area contributed by atoms with Crippen LogP contribution in [0.4, 0.5) is 0 Å². The molecule has 0 atom stereocenters. The molecule has 0 radical (unpaired) electrons. The van der Waals surface area contributed by atoms with Crippen LogP contribution < -0.4 is 0 Å². The Labute approximate surface area is 203 Å². The highest BCUT2D eigenvalue weighted by molar-refractivity contribution is 5.84. The van der Waals surface area contributed by atoms with E-state index in [1.54, 1.807) is 7.11 Å². The summed E-state index contributed by atoms with van der Waals surface area (Å²) in [5, 5.41) is 19.4. The number of carbonyl (C=O) groups excluding carboxylic acids is 1. The summed E-state index contributed by atoms with van der Waals surface area (Å²) in [4.78, 5) is 26.2. The summed E-state index contributed by atoms with van der Waals surface area (Å²) in [6, 6.07) is 0. The first kappa shape index (κ1) is 29.1. The van der Waals surface area contributed by atoms with Gasteiger partial charge in [-0.3, -0.25) is 4.79 Å². The standard InChI is InChI=1S/C12H20O3.C7H13NO.C6H10O.H2O3/c1-3-7-11(8-4-1)13-12(15-14-11)9-5-2-6-10-12;1-9-8-7-5-3-2-4-6-7;7-6-4-2-1-3-5-6;1-3-2/h1-10H2;2-6H2,1H3;1-5H2;1-2H. The number of hydrogen-bond acceptors (Lipinski definition) is 9. The molecule has 2 N–H and O–H groups in total. The van der Waals surface area contributed by atoms with Crippen LogP contribution in [0.25, 0.3) is 0 Å². The number of ether oxygens (including phenoxy) is 1. The van der Waals surface area contributed by atoms with Crippen LogP contribution in [0.3, 0.4) is 0 Å². The quantitative estimate of drug-likeness (QED) is 0.310. The van der Waals surface area contributed by atoms with Crippen molar-refractivity contribution >= 4 is 11.5 Å². The van der Waals surface area contributed by atoms with Gasteiger partial charge in [-0.2, -0.15) is 9.78 Å². The largest absolute Gasteiger partial charge is 0.399 e. The molecule has 9 heteroatoms. The molecule has 0 aromatic heterocycles. The average Bonchev–Trinajstić information content (AvgIpc) is 3.19. The van der Waals surface area contributed by atoms with Crippen LogP contribution in [0.2, 0.25) is 0 Å².